The maximum atomic E-state index is 12.3. The van der Waals surface area contributed by atoms with Crippen molar-refractivity contribution in [1.82, 2.24) is 19.5 Å². The molecule has 0 bridgehead atoms. The first-order valence-corrected chi connectivity index (χ1v) is 8.72. The van der Waals surface area contributed by atoms with Crippen LogP contribution in [0.1, 0.15) is 26.3 Å². The van der Waals surface area contributed by atoms with E-state index in [4.69, 9.17) is 21.1 Å². The molecular formula is C18H18ClN5O4. The summed E-state index contributed by atoms with van der Waals surface area (Å²) < 4.78 is 11.5. The molecule has 146 valence electrons. The quantitative estimate of drug-likeness (QED) is 0.658. The average molecular weight is 404 g/mol. The number of halogens is 1. The van der Waals surface area contributed by atoms with Gasteiger partial charge in [-0.15, -0.1) is 0 Å². The molecule has 0 unspecified atom stereocenters. The van der Waals surface area contributed by atoms with Crippen LogP contribution in [-0.4, -0.2) is 37.3 Å². The maximum absolute atomic E-state index is 12.3. The van der Waals surface area contributed by atoms with Gasteiger partial charge >= 0.3 is 12.2 Å². The number of rotatable bonds is 3. The number of benzene rings is 1. The highest BCUT2D eigenvalue weighted by molar-refractivity contribution is 6.34. The van der Waals surface area contributed by atoms with Gasteiger partial charge in [0.15, 0.2) is 10.8 Å². The van der Waals surface area contributed by atoms with E-state index in [2.05, 4.69) is 20.3 Å². The summed E-state index contributed by atoms with van der Waals surface area (Å²) in [6, 6.07) is 9.21. The van der Waals surface area contributed by atoms with Crippen LogP contribution < -0.4 is 5.32 Å². The van der Waals surface area contributed by atoms with Crippen LogP contribution in [-0.2, 0) is 16.1 Å². The first kappa shape index (κ1) is 19.6. The average Bonchev–Trinajstić information content (AvgIpc) is 3.04. The minimum absolute atomic E-state index is 0.0632. The molecule has 0 aliphatic carbocycles. The van der Waals surface area contributed by atoms with E-state index in [1.54, 1.807) is 20.8 Å². The van der Waals surface area contributed by atoms with Crippen LogP contribution in [0, 0.1) is 0 Å². The van der Waals surface area contributed by atoms with E-state index < -0.39 is 17.8 Å². The van der Waals surface area contributed by atoms with Crippen molar-refractivity contribution in [2.45, 2.75) is 33.0 Å². The molecule has 0 fully saturated rings. The number of anilines is 1. The van der Waals surface area contributed by atoms with E-state index in [1.807, 2.05) is 30.3 Å². The number of amides is 1. The molecule has 3 aromatic rings. The highest BCUT2D eigenvalue weighted by atomic mass is 35.5. The van der Waals surface area contributed by atoms with Crippen molar-refractivity contribution >= 4 is 40.9 Å². The van der Waals surface area contributed by atoms with Crippen molar-refractivity contribution in [1.29, 1.82) is 0 Å². The second-order valence-electron chi connectivity index (χ2n) is 6.79. The minimum Gasteiger partial charge on any atom is -0.444 e. The number of carbonyl (C=O) groups is 2. The molecule has 1 aromatic carbocycles. The molecule has 0 radical (unpaired) electrons. The van der Waals surface area contributed by atoms with Gasteiger partial charge in [-0.1, -0.05) is 41.9 Å². The topological polar surface area (TPSA) is 108 Å². The number of aromatic nitrogens is 4. The molecule has 28 heavy (non-hydrogen) atoms. The molecule has 2 heterocycles. The smallest absolute Gasteiger partial charge is 0.420 e. The lowest BCUT2D eigenvalue weighted by atomic mass is 10.2. The molecule has 1 N–H and O–H groups in total. The monoisotopic (exact) mass is 403 g/mol. The summed E-state index contributed by atoms with van der Waals surface area (Å²) >= 11 is 6.17. The lowest BCUT2D eigenvalue weighted by Crippen LogP contribution is -2.26. The fraction of sp³-hybridized carbons (Fsp3) is 0.278. The Bertz CT molecular complexity index is 1010. The van der Waals surface area contributed by atoms with Crippen LogP contribution in [0.4, 0.5) is 15.5 Å². The zero-order valence-corrected chi connectivity index (χ0v) is 16.2. The molecule has 0 saturated heterocycles. The third-order valence-electron chi connectivity index (χ3n) is 3.38. The zero-order chi connectivity index (χ0) is 20.3. The fourth-order valence-corrected chi connectivity index (χ4v) is 2.50. The second-order valence-corrected chi connectivity index (χ2v) is 7.15. The lowest BCUT2D eigenvalue weighted by molar-refractivity contribution is 0.0543. The molecule has 0 spiro atoms. The Morgan fingerprint density at radius 3 is 2.57 bits per heavy atom. The van der Waals surface area contributed by atoms with E-state index in [1.165, 1.54) is 6.33 Å². The van der Waals surface area contributed by atoms with Crippen molar-refractivity contribution in [3.8, 4) is 0 Å². The molecule has 0 aliphatic rings. The molecule has 9 nitrogen and oxygen atoms in total. The van der Waals surface area contributed by atoms with Gasteiger partial charge in [-0.3, -0.25) is 5.32 Å². The van der Waals surface area contributed by atoms with Gasteiger partial charge in [0, 0.05) is 0 Å². The van der Waals surface area contributed by atoms with E-state index in [0.29, 0.717) is 0 Å². The minimum atomic E-state index is -0.745. The van der Waals surface area contributed by atoms with E-state index in [-0.39, 0.29) is 28.9 Å². The number of hydrogen-bond donors (Lipinski definition) is 1. The summed E-state index contributed by atoms with van der Waals surface area (Å²) in [5, 5.41) is 2.33. The van der Waals surface area contributed by atoms with Gasteiger partial charge in [0.2, 0.25) is 5.95 Å². The molecule has 1 amide bonds. The van der Waals surface area contributed by atoms with Crippen molar-refractivity contribution < 1.29 is 19.1 Å². The standard InChI is InChI=1S/C18H18ClN5O4/c1-18(2,3)28-17(26)24-10-20-14-12(24)13(19)21-15(22-14)23-16(25)27-9-11-7-5-4-6-8-11/h4-8,10H,9H2,1-3H3,(H,21,22,23,25). The van der Waals surface area contributed by atoms with Crippen molar-refractivity contribution in [3.63, 3.8) is 0 Å². The maximum Gasteiger partial charge on any atom is 0.420 e. The summed E-state index contributed by atoms with van der Waals surface area (Å²) in [6.07, 6.45) is -0.175. The van der Waals surface area contributed by atoms with Crippen LogP contribution in [0.5, 0.6) is 0 Å². The van der Waals surface area contributed by atoms with Crippen LogP contribution in [0.25, 0.3) is 11.2 Å². The number of ether oxygens (including phenoxy) is 2. The van der Waals surface area contributed by atoms with Crippen LogP contribution in [0.3, 0.4) is 0 Å². The highest BCUT2D eigenvalue weighted by Gasteiger charge is 2.22. The molecule has 10 heteroatoms. The first-order chi connectivity index (χ1) is 13.2. The number of nitrogens with one attached hydrogen (secondary N) is 1. The Balaban J connectivity index is 1.73. The summed E-state index contributed by atoms with van der Waals surface area (Å²) in [5.74, 6) is -0.0926. The number of imidazole rings is 1. The third kappa shape index (κ3) is 4.74. The SMILES string of the molecule is CC(C)(C)OC(=O)n1cnc2nc(NC(=O)OCc3ccccc3)nc(Cl)c21. The Morgan fingerprint density at radius 1 is 1.18 bits per heavy atom. The number of carbonyl (C=O) groups excluding carboxylic acids is 2. The van der Waals surface area contributed by atoms with Gasteiger partial charge in [0.05, 0.1) is 0 Å². The van der Waals surface area contributed by atoms with E-state index in [9.17, 15) is 9.59 Å². The predicted octanol–water partition coefficient (Wildman–Crippen LogP) is 4.01. The third-order valence-corrected chi connectivity index (χ3v) is 3.64. The number of nitrogens with zero attached hydrogens (tertiary/aromatic N) is 4. The normalized spacial score (nSPS) is 11.3. The zero-order valence-electron chi connectivity index (χ0n) is 15.5. The van der Waals surface area contributed by atoms with Gasteiger partial charge in [-0.2, -0.15) is 9.97 Å². The van der Waals surface area contributed by atoms with E-state index in [0.717, 1.165) is 10.1 Å². The van der Waals surface area contributed by atoms with Gasteiger partial charge < -0.3 is 9.47 Å². The van der Waals surface area contributed by atoms with Gasteiger partial charge in [-0.25, -0.2) is 19.1 Å². The molecule has 0 saturated carbocycles. The van der Waals surface area contributed by atoms with Crippen molar-refractivity contribution in [3.05, 3.63) is 47.4 Å². The first-order valence-electron chi connectivity index (χ1n) is 8.34. The summed E-state index contributed by atoms with van der Waals surface area (Å²) in [4.78, 5) is 36.3. The van der Waals surface area contributed by atoms with Crippen molar-refractivity contribution in [2.75, 3.05) is 5.32 Å². The van der Waals surface area contributed by atoms with Gasteiger partial charge in [-0.05, 0) is 26.3 Å². The summed E-state index contributed by atoms with van der Waals surface area (Å²) in [6.45, 7) is 5.32. The second kappa shape index (κ2) is 7.81. The summed E-state index contributed by atoms with van der Waals surface area (Å²) in [5.41, 5.74) is 0.455. The van der Waals surface area contributed by atoms with Gasteiger partial charge in [0.25, 0.3) is 0 Å². The molecule has 0 atom stereocenters. The lowest BCUT2D eigenvalue weighted by Gasteiger charge is -2.19. The van der Waals surface area contributed by atoms with Gasteiger partial charge in [0.1, 0.15) is 24.1 Å². The molecule has 2 aromatic heterocycles. The molecular weight excluding hydrogens is 386 g/mol. The Labute approximate surface area is 165 Å². The van der Waals surface area contributed by atoms with Crippen LogP contribution >= 0.6 is 11.6 Å². The van der Waals surface area contributed by atoms with Crippen LogP contribution in [0.2, 0.25) is 5.15 Å². The fourth-order valence-electron chi connectivity index (χ4n) is 2.24. The number of fused-ring (bicyclic) bond motifs is 1. The molecule has 0 aliphatic heterocycles. The summed E-state index contributed by atoms with van der Waals surface area (Å²) in [7, 11) is 0. The Kier molecular flexibility index (Phi) is 5.46. The Hall–Kier alpha value is -3.20. The van der Waals surface area contributed by atoms with E-state index >= 15 is 0 Å². The van der Waals surface area contributed by atoms with Crippen molar-refractivity contribution in [2.24, 2.45) is 0 Å². The van der Waals surface area contributed by atoms with Crippen LogP contribution in [0.15, 0.2) is 36.7 Å². The Morgan fingerprint density at radius 2 is 1.89 bits per heavy atom. The number of hydrogen-bond acceptors (Lipinski definition) is 7. The predicted molar refractivity (Wildman–Crippen MR) is 102 cm³/mol. The largest absolute Gasteiger partial charge is 0.444 e. The molecule has 3 rings (SSSR count). The highest BCUT2D eigenvalue weighted by Crippen LogP contribution is 2.22.